The predicted molar refractivity (Wildman–Crippen MR) is 73.6 cm³/mol. The first-order valence-corrected chi connectivity index (χ1v) is 6.05. The van der Waals surface area contributed by atoms with Crippen molar-refractivity contribution in [3.63, 3.8) is 0 Å². The Balaban J connectivity index is 3.78. The van der Waals surface area contributed by atoms with Crippen LogP contribution in [0.5, 0.6) is 0 Å². The van der Waals surface area contributed by atoms with Crippen molar-refractivity contribution in [2.24, 2.45) is 4.99 Å². The van der Waals surface area contributed by atoms with Gasteiger partial charge in [0.05, 0.1) is 6.61 Å². The van der Waals surface area contributed by atoms with E-state index in [0.29, 0.717) is 0 Å². The van der Waals surface area contributed by atoms with Crippen LogP contribution in [0.2, 0.25) is 0 Å². The van der Waals surface area contributed by atoms with E-state index >= 15 is 0 Å². The topological polar surface area (TPSA) is 48.9 Å². The molecule has 2 N–H and O–H groups in total. The maximum absolute atomic E-state index is 5.03. The van der Waals surface area contributed by atoms with Gasteiger partial charge in [-0.2, -0.15) is 0 Å². The minimum atomic E-state index is 0.0315. The Morgan fingerprint density at radius 2 is 1.94 bits per heavy atom. The molecule has 0 rings (SSSR count). The Labute approximate surface area is 106 Å². The molecule has 0 amide bonds. The molecule has 0 aliphatic heterocycles. The minimum absolute atomic E-state index is 0.0315. The van der Waals surface area contributed by atoms with Crippen molar-refractivity contribution in [2.45, 2.75) is 26.3 Å². The monoisotopic (exact) mass is 244 g/mol. The smallest absolute Gasteiger partial charge is 0.191 e. The van der Waals surface area contributed by atoms with Crippen molar-refractivity contribution in [2.75, 3.05) is 47.4 Å². The molecule has 0 unspecified atom stereocenters. The number of aliphatic imine (C=N–C) groups is 1. The van der Waals surface area contributed by atoms with E-state index in [4.69, 9.17) is 4.74 Å². The number of methoxy groups -OCH3 is 1. The maximum Gasteiger partial charge on any atom is 0.191 e. The van der Waals surface area contributed by atoms with Crippen LogP contribution >= 0.6 is 0 Å². The van der Waals surface area contributed by atoms with Gasteiger partial charge in [0.1, 0.15) is 0 Å². The second-order valence-electron chi connectivity index (χ2n) is 5.17. The van der Waals surface area contributed by atoms with E-state index in [-0.39, 0.29) is 5.54 Å². The lowest BCUT2D eigenvalue weighted by molar-refractivity contribution is 0.162. The third-order valence-electron chi connectivity index (χ3n) is 2.18. The summed E-state index contributed by atoms with van der Waals surface area (Å²) in [6, 6.07) is 0. The van der Waals surface area contributed by atoms with Gasteiger partial charge in [0.15, 0.2) is 5.96 Å². The van der Waals surface area contributed by atoms with Crippen molar-refractivity contribution in [3.05, 3.63) is 0 Å². The fourth-order valence-corrected chi connectivity index (χ4v) is 1.26. The molecule has 17 heavy (non-hydrogen) atoms. The molecule has 0 atom stereocenters. The zero-order valence-electron chi connectivity index (χ0n) is 12.1. The average molecular weight is 244 g/mol. The zero-order valence-corrected chi connectivity index (χ0v) is 12.1. The standard InChI is InChI=1S/C12H28N4O/c1-12(2,3)15-11(13-4)14-7-8-16(5)9-10-17-6/h7-10H2,1-6H3,(H2,13,14,15). The Bertz CT molecular complexity index is 223. The molecule has 0 aromatic heterocycles. The van der Waals surface area contributed by atoms with E-state index in [0.717, 1.165) is 32.2 Å². The summed E-state index contributed by atoms with van der Waals surface area (Å²) >= 11 is 0. The van der Waals surface area contributed by atoms with Gasteiger partial charge in [0.25, 0.3) is 0 Å². The Kier molecular flexibility index (Phi) is 7.91. The number of rotatable bonds is 6. The van der Waals surface area contributed by atoms with E-state index < -0.39 is 0 Å². The highest BCUT2D eigenvalue weighted by Crippen LogP contribution is 1.97. The van der Waals surface area contributed by atoms with Gasteiger partial charge in [-0.15, -0.1) is 0 Å². The number of likely N-dealkylation sites (N-methyl/N-ethyl adjacent to an activating group) is 1. The van der Waals surface area contributed by atoms with Crippen LogP contribution in [0, 0.1) is 0 Å². The molecule has 0 aromatic rings. The van der Waals surface area contributed by atoms with Gasteiger partial charge in [0.2, 0.25) is 0 Å². The van der Waals surface area contributed by atoms with Crippen LogP contribution < -0.4 is 10.6 Å². The molecule has 102 valence electrons. The summed E-state index contributed by atoms with van der Waals surface area (Å²) in [5, 5.41) is 6.61. The molecule has 0 bridgehead atoms. The van der Waals surface area contributed by atoms with Gasteiger partial charge in [-0.3, -0.25) is 4.99 Å². The molecule has 0 fully saturated rings. The third kappa shape index (κ3) is 10.1. The first-order chi connectivity index (χ1) is 7.89. The normalized spacial score (nSPS) is 13.0. The molecule has 0 saturated heterocycles. The van der Waals surface area contributed by atoms with Crippen LogP contribution in [0.15, 0.2) is 4.99 Å². The Morgan fingerprint density at radius 1 is 1.29 bits per heavy atom. The second kappa shape index (κ2) is 8.31. The van der Waals surface area contributed by atoms with Crippen LogP contribution in [-0.2, 0) is 4.74 Å². The molecule has 0 saturated carbocycles. The molecule has 0 spiro atoms. The molecule has 5 heteroatoms. The van der Waals surface area contributed by atoms with E-state index in [1.54, 1.807) is 14.2 Å². The lowest BCUT2D eigenvalue weighted by Gasteiger charge is -2.24. The fourth-order valence-electron chi connectivity index (χ4n) is 1.26. The number of hydrogen-bond acceptors (Lipinski definition) is 3. The summed E-state index contributed by atoms with van der Waals surface area (Å²) in [5.41, 5.74) is 0.0315. The van der Waals surface area contributed by atoms with Crippen LogP contribution in [0.3, 0.4) is 0 Å². The van der Waals surface area contributed by atoms with Crippen LogP contribution in [-0.4, -0.2) is 63.8 Å². The van der Waals surface area contributed by atoms with Crippen molar-refractivity contribution < 1.29 is 4.74 Å². The summed E-state index contributed by atoms with van der Waals surface area (Å²) in [6.45, 7) is 9.90. The highest BCUT2D eigenvalue weighted by molar-refractivity contribution is 5.80. The Hall–Kier alpha value is -0.810. The number of ether oxygens (including phenoxy) is 1. The second-order valence-corrected chi connectivity index (χ2v) is 5.17. The van der Waals surface area contributed by atoms with Crippen LogP contribution in [0.25, 0.3) is 0 Å². The quantitative estimate of drug-likeness (QED) is 0.528. The van der Waals surface area contributed by atoms with Gasteiger partial charge in [-0.25, -0.2) is 0 Å². The zero-order chi connectivity index (χ0) is 13.3. The van der Waals surface area contributed by atoms with Gasteiger partial charge in [0, 0.05) is 39.3 Å². The number of nitrogens with one attached hydrogen (secondary N) is 2. The summed E-state index contributed by atoms with van der Waals surface area (Å²) in [4.78, 5) is 6.41. The summed E-state index contributed by atoms with van der Waals surface area (Å²) in [5.74, 6) is 0.845. The number of hydrogen-bond donors (Lipinski definition) is 2. The highest BCUT2D eigenvalue weighted by atomic mass is 16.5. The lowest BCUT2D eigenvalue weighted by Crippen LogP contribution is -2.49. The summed E-state index contributed by atoms with van der Waals surface area (Å²) < 4.78 is 5.03. The molecule has 5 nitrogen and oxygen atoms in total. The molecule has 0 aromatic carbocycles. The highest BCUT2D eigenvalue weighted by Gasteiger charge is 2.11. The molecule has 0 radical (unpaired) electrons. The minimum Gasteiger partial charge on any atom is -0.383 e. The molecule has 0 aliphatic carbocycles. The SMILES string of the molecule is CN=C(NCCN(C)CCOC)NC(C)(C)C. The van der Waals surface area contributed by atoms with Crippen molar-refractivity contribution >= 4 is 5.96 Å². The maximum atomic E-state index is 5.03. The van der Waals surface area contributed by atoms with E-state index in [1.807, 2.05) is 0 Å². The van der Waals surface area contributed by atoms with Gasteiger partial charge in [-0.05, 0) is 27.8 Å². The van der Waals surface area contributed by atoms with Crippen LogP contribution in [0.4, 0.5) is 0 Å². The predicted octanol–water partition coefficient (Wildman–Crippen LogP) is 0.528. The fraction of sp³-hybridized carbons (Fsp3) is 0.917. The number of guanidine groups is 1. The van der Waals surface area contributed by atoms with Crippen molar-refractivity contribution in [1.29, 1.82) is 0 Å². The molecule has 0 aliphatic rings. The largest absolute Gasteiger partial charge is 0.383 e. The van der Waals surface area contributed by atoms with Crippen molar-refractivity contribution in [3.8, 4) is 0 Å². The summed E-state index contributed by atoms with van der Waals surface area (Å²) in [6.07, 6.45) is 0. The average Bonchev–Trinajstić information content (AvgIpc) is 2.23. The van der Waals surface area contributed by atoms with Gasteiger partial charge >= 0.3 is 0 Å². The molecule has 0 heterocycles. The van der Waals surface area contributed by atoms with Gasteiger partial charge < -0.3 is 20.3 Å². The van der Waals surface area contributed by atoms with E-state index in [2.05, 4.69) is 48.3 Å². The van der Waals surface area contributed by atoms with Crippen molar-refractivity contribution in [1.82, 2.24) is 15.5 Å². The van der Waals surface area contributed by atoms with E-state index in [1.165, 1.54) is 0 Å². The van der Waals surface area contributed by atoms with E-state index in [9.17, 15) is 0 Å². The molecular weight excluding hydrogens is 216 g/mol. The lowest BCUT2D eigenvalue weighted by atomic mass is 10.1. The third-order valence-corrected chi connectivity index (χ3v) is 2.18. The number of nitrogens with zero attached hydrogens (tertiary/aromatic N) is 2. The molecular formula is C12H28N4O. The Morgan fingerprint density at radius 3 is 2.41 bits per heavy atom. The first kappa shape index (κ1) is 16.2. The van der Waals surface area contributed by atoms with Crippen LogP contribution in [0.1, 0.15) is 20.8 Å². The summed E-state index contributed by atoms with van der Waals surface area (Å²) in [7, 11) is 5.59. The first-order valence-electron chi connectivity index (χ1n) is 6.05. The van der Waals surface area contributed by atoms with Gasteiger partial charge in [-0.1, -0.05) is 0 Å².